The highest BCUT2D eigenvalue weighted by Crippen LogP contribution is 2.51. The molecule has 12 nitrogen and oxygen atoms in total. The molecule has 0 amide bonds. The van der Waals surface area contributed by atoms with Gasteiger partial charge in [-0.1, -0.05) is 18.2 Å². The third-order valence-electron chi connectivity index (χ3n) is 8.78. The predicted octanol–water partition coefficient (Wildman–Crippen LogP) is -0.706. The van der Waals surface area contributed by atoms with E-state index in [1.54, 1.807) is 0 Å². The van der Waals surface area contributed by atoms with E-state index >= 15 is 0 Å². The van der Waals surface area contributed by atoms with E-state index in [4.69, 9.17) is 18.9 Å². The van der Waals surface area contributed by atoms with Crippen LogP contribution < -0.4 is 0 Å². The normalized spacial score (nSPS) is 38.3. The molecule has 1 aromatic carbocycles. The fourth-order valence-electron chi connectivity index (χ4n) is 6.88. The molecule has 4 aliphatic rings. The summed E-state index contributed by atoms with van der Waals surface area (Å²) in [4.78, 5) is 18.6. The first-order valence-corrected chi connectivity index (χ1v) is 13.2. The Morgan fingerprint density at radius 2 is 1.90 bits per heavy atom. The number of carbonyl (C=O) groups excluding carboxylic acids is 1. The molecule has 6 N–H and O–H groups in total. The molecular formula is C27H34N2O10. The fourth-order valence-corrected chi connectivity index (χ4v) is 6.88. The number of aromatic nitrogens is 1. The Labute approximate surface area is 224 Å². The van der Waals surface area contributed by atoms with Gasteiger partial charge in [0.15, 0.2) is 6.29 Å². The predicted molar refractivity (Wildman–Crippen MR) is 134 cm³/mol. The summed E-state index contributed by atoms with van der Waals surface area (Å²) in [5.74, 6) is -1.55. The van der Waals surface area contributed by atoms with Crippen molar-refractivity contribution in [2.75, 3.05) is 26.9 Å². The molecule has 2 saturated heterocycles. The highest BCUT2D eigenvalue weighted by atomic mass is 16.8. The van der Waals surface area contributed by atoms with Gasteiger partial charge in [0.2, 0.25) is 6.29 Å². The molecule has 39 heavy (non-hydrogen) atoms. The number of nitrogens with zero attached hydrogens (tertiary/aromatic N) is 1. The lowest BCUT2D eigenvalue weighted by Crippen LogP contribution is -2.63. The molecule has 0 unspecified atom stereocenters. The number of carbonyl (C=O) groups is 1. The number of nitrogens with one attached hydrogen (secondary N) is 1. The summed E-state index contributed by atoms with van der Waals surface area (Å²) >= 11 is 0. The van der Waals surface area contributed by atoms with Gasteiger partial charge in [0.25, 0.3) is 0 Å². The van der Waals surface area contributed by atoms with E-state index in [-0.39, 0.29) is 12.6 Å². The minimum atomic E-state index is -1.62. The molecule has 0 radical (unpaired) electrons. The van der Waals surface area contributed by atoms with Crippen molar-refractivity contribution in [1.82, 2.24) is 9.88 Å². The van der Waals surface area contributed by atoms with Crippen molar-refractivity contribution in [2.24, 2.45) is 11.8 Å². The third kappa shape index (κ3) is 4.26. The van der Waals surface area contributed by atoms with Crippen LogP contribution in [-0.2, 0) is 30.2 Å². The summed E-state index contributed by atoms with van der Waals surface area (Å²) in [5, 5.41) is 52.4. The molecule has 2 aromatic rings. The Balaban J connectivity index is 1.35. The van der Waals surface area contributed by atoms with Gasteiger partial charge in [0.1, 0.15) is 24.4 Å². The molecule has 2 fully saturated rings. The Morgan fingerprint density at radius 3 is 2.64 bits per heavy atom. The molecule has 0 spiro atoms. The zero-order valence-corrected chi connectivity index (χ0v) is 21.4. The average Bonchev–Trinajstić information content (AvgIpc) is 3.35. The topological polar surface area (TPSA) is 174 Å². The molecule has 10 atom stereocenters. The van der Waals surface area contributed by atoms with Crippen LogP contribution in [-0.4, -0.2) is 111 Å². The maximum absolute atomic E-state index is 12.8. The van der Waals surface area contributed by atoms with Crippen LogP contribution in [0, 0.1) is 11.8 Å². The second-order valence-electron chi connectivity index (χ2n) is 10.6. The first-order chi connectivity index (χ1) is 18.9. The zero-order chi connectivity index (χ0) is 27.4. The van der Waals surface area contributed by atoms with Crippen LogP contribution in [0.25, 0.3) is 10.9 Å². The van der Waals surface area contributed by atoms with Gasteiger partial charge < -0.3 is 49.5 Å². The average molecular weight is 547 g/mol. The number of H-pyrrole nitrogens is 1. The van der Waals surface area contributed by atoms with Gasteiger partial charge in [-0.15, -0.1) is 0 Å². The fraction of sp³-hybridized carbons (Fsp3) is 0.593. The number of ether oxygens (including phenoxy) is 4. The number of aliphatic hydroxyl groups is 5. The van der Waals surface area contributed by atoms with Crippen LogP contribution in [0.4, 0.5) is 0 Å². The Morgan fingerprint density at radius 1 is 1.10 bits per heavy atom. The molecule has 0 bridgehead atoms. The number of aliphatic hydroxyl groups excluding tert-OH is 5. The Hall–Kier alpha value is -2.55. The first-order valence-electron chi connectivity index (χ1n) is 13.2. The van der Waals surface area contributed by atoms with Crippen LogP contribution in [0.3, 0.4) is 0 Å². The van der Waals surface area contributed by atoms with Gasteiger partial charge in [-0.3, -0.25) is 4.90 Å². The number of esters is 1. The smallest absolute Gasteiger partial charge is 0.337 e. The van der Waals surface area contributed by atoms with Gasteiger partial charge in [-0.25, -0.2) is 4.79 Å². The van der Waals surface area contributed by atoms with Crippen LogP contribution in [0.2, 0.25) is 0 Å². The molecule has 12 heteroatoms. The lowest BCUT2D eigenvalue weighted by molar-refractivity contribution is -0.346. The van der Waals surface area contributed by atoms with E-state index in [1.807, 2.05) is 18.2 Å². The van der Waals surface area contributed by atoms with Gasteiger partial charge in [0, 0.05) is 41.0 Å². The molecule has 5 heterocycles. The Kier molecular flexibility index (Phi) is 7.14. The molecule has 6 rings (SSSR count). The maximum atomic E-state index is 12.8. The van der Waals surface area contributed by atoms with Crippen LogP contribution in [0.15, 0.2) is 36.1 Å². The molecule has 0 saturated carbocycles. The van der Waals surface area contributed by atoms with E-state index in [0.717, 1.165) is 23.0 Å². The second-order valence-corrected chi connectivity index (χ2v) is 10.6. The minimum absolute atomic E-state index is 0.112. The van der Waals surface area contributed by atoms with Gasteiger partial charge in [0.05, 0.1) is 38.2 Å². The highest BCUT2D eigenvalue weighted by molar-refractivity contribution is 5.89. The lowest BCUT2D eigenvalue weighted by Gasteiger charge is -2.54. The lowest BCUT2D eigenvalue weighted by atomic mass is 9.70. The molecule has 4 aliphatic heterocycles. The Bertz CT molecular complexity index is 1250. The summed E-state index contributed by atoms with van der Waals surface area (Å²) in [5.41, 5.74) is 3.64. The van der Waals surface area contributed by atoms with E-state index < -0.39 is 67.4 Å². The first kappa shape index (κ1) is 26.7. The summed E-state index contributed by atoms with van der Waals surface area (Å²) in [6, 6.07) is 7.51. The van der Waals surface area contributed by atoms with Crippen molar-refractivity contribution in [3.05, 3.63) is 47.4 Å². The number of rotatable bonds is 5. The summed E-state index contributed by atoms with van der Waals surface area (Å²) < 4.78 is 22.5. The number of fused-ring (bicyclic) bond motifs is 6. The van der Waals surface area contributed by atoms with Crippen molar-refractivity contribution in [3.8, 4) is 0 Å². The molecule has 212 valence electrons. The van der Waals surface area contributed by atoms with Gasteiger partial charge >= 0.3 is 5.97 Å². The van der Waals surface area contributed by atoms with E-state index in [0.29, 0.717) is 18.5 Å². The second kappa shape index (κ2) is 10.5. The highest BCUT2D eigenvalue weighted by Gasteiger charge is 2.55. The quantitative estimate of drug-likeness (QED) is 0.262. The number of para-hydroxylation sites is 1. The summed E-state index contributed by atoms with van der Waals surface area (Å²) in [7, 11) is 1.30. The summed E-state index contributed by atoms with van der Waals surface area (Å²) in [6.07, 6.45) is -5.86. The molecular weight excluding hydrogens is 512 g/mol. The minimum Gasteiger partial charge on any atom is -0.471 e. The maximum Gasteiger partial charge on any atom is 0.337 e. The summed E-state index contributed by atoms with van der Waals surface area (Å²) in [6.45, 7) is -0.187. The van der Waals surface area contributed by atoms with Gasteiger partial charge in [-0.2, -0.15) is 0 Å². The number of benzene rings is 1. The van der Waals surface area contributed by atoms with Crippen molar-refractivity contribution in [2.45, 2.75) is 61.9 Å². The van der Waals surface area contributed by atoms with E-state index in [1.165, 1.54) is 18.9 Å². The van der Waals surface area contributed by atoms with E-state index in [2.05, 4.69) is 16.0 Å². The molecule has 1 aromatic heterocycles. The van der Waals surface area contributed by atoms with Crippen molar-refractivity contribution in [1.29, 1.82) is 0 Å². The number of hydrogen-bond donors (Lipinski definition) is 6. The van der Waals surface area contributed by atoms with Crippen molar-refractivity contribution >= 4 is 16.9 Å². The zero-order valence-electron chi connectivity index (χ0n) is 21.4. The van der Waals surface area contributed by atoms with Crippen LogP contribution in [0.1, 0.15) is 23.7 Å². The largest absolute Gasteiger partial charge is 0.471 e. The van der Waals surface area contributed by atoms with E-state index in [9.17, 15) is 30.3 Å². The van der Waals surface area contributed by atoms with Crippen molar-refractivity contribution in [3.63, 3.8) is 0 Å². The van der Waals surface area contributed by atoms with Gasteiger partial charge in [-0.05, 0) is 24.5 Å². The van der Waals surface area contributed by atoms with Crippen LogP contribution in [0.5, 0.6) is 0 Å². The number of aromatic amines is 1. The number of piperidine rings is 1. The standard InChI is InChI=1S/C27H34N2O10/c1-36-25(35)15-11-37-26(39-27-24(34)23(33)22(32)19(10-31)38-27)20-14(15)8-17-21-13(6-7-29(17)18(20)9-30)12-4-2-3-5-16(12)28-21/h2-5,11,14,17-20,22-24,26-28,30-34H,6-10H2,1H3/t14-,17+,18+,19-,20+,22-,23+,24-,26+,27+/m1/s1. The number of hydrogen-bond acceptors (Lipinski definition) is 11. The SMILES string of the molecule is COC(=O)C1=CO[C@@H](O[C@@H]2O[C@H](CO)[C@@H](O)[C@H](O)[C@H]2O)[C@H]2[C@@H]1C[C@H]1c3[nH]c4ccccc4c3CCN1[C@H]2CO. The third-order valence-corrected chi connectivity index (χ3v) is 8.78. The van der Waals surface area contributed by atoms with Crippen LogP contribution >= 0.6 is 0 Å². The number of methoxy groups -OCH3 is 1. The molecule has 0 aliphatic carbocycles. The monoisotopic (exact) mass is 546 g/mol. The van der Waals surface area contributed by atoms with Crippen molar-refractivity contribution < 1.29 is 49.3 Å².